The average Bonchev–Trinajstić information content (AvgIpc) is 3.39. The number of halogens is 1. The van der Waals surface area contributed by atoms with Crippen molar-refractivity contribution in [2.75, 3.05) is 6.54 Å². The van der Waals surface area contributed by atoms with Gasteiger partial charge in [0.05, 0.1) is 30.9 Å². The number of nitrogens with one attached hydrogen (secondary N) is 1. The molecule has 0 radical (unpaired) electrons. The Morgan fingerprint density at radius 1 is 1.19 bits per heavy atom. The van der Waals surface area contributed by atoms with E-state index in [4.69, 9.17) is 0 Å². The number of aromatic nitrogens is 4. The first-order valence-electron chi connectivity index (χ1n) is 10.1. The molecule has 1 saturated heterocycles. The largest absolute Gasteiger partial charge is 0.347 e. The van der Waals surface area contributed by atoms with Crippen LogP contribution in [0.25, 0.3) is 0 Å². The number of benzene rings is 1. The van der Waals surface area contributed by atoms with Gasteiger partial charge < -0.3 is 10.2 Å². The third kappa shape index (κ3) is 4.93. The molecule has 31 heavy (non-hydrogen) atoms. The fraction of sp³-hybridized carbons (Fsp3) is 0.318. The smallest absolute Gasteiger partial charge is 0.273 e. The zero-order valence-electron chi connectivity index (χ0n) is 17.1. The van der Waals surface area contributed by atoms with E-state index in [2.05, 4.69) is 20.6 Å². The molecule has 9 heteroatoms. The van der Waals surface area contributed by atoms with Gasteiger partial charge in [0.1, 0.15) is 6.17 Å². The van der Waals surface area contributed by atoms with Crippen LogP contribution in [0.4, 0.5) is 4.39 Å². The summed E-state index contributed by atoms with van der Waals surface area (Å²) in [5.74, 6) is -0.609. The number of amides is 2. The van der Waals surface area contributed by atoms with Crippen molar-refractivity contribution >= 4 is 11.8 Å². The summed E-state index contributed by atoms with van der Waals surface area (Å²) in [5, 5.41) is 10.7. The molecule has 1 aliphatic heterocycles. The van der Waals surface area contributed by atoms with E-state index in [0.29, 0.717) is 12.1 Å². The van der Waals surface area contributed by atoms with Crippen LogP contribution in [0.1, 0.15) is 38.5 Å². The van der Waals surface area contributed by atoms with E-state index >= 15 is 0 Å². The monoisotopic (exact) mass is 422 g/mol. The number of hydrogen-bond acceptors (Lipinski definition) is 5. The Labute approximate surface area is 179 Å². The van der Waals surface area contributed by atoms with Crippen molar-refractivity contribution in [2.45, 2.75) is 38.6 Å². The van der Waals surface area contributed by atoms with Gasteiger partial charge in [-0.05, 0) is 24.6 Å². The summed E-state index contributed by atoms with van der Waals surface area (Å²) in [6.07, 6.45) is 2.12. The minimum absolute atomic E-state index is 0.0243. The van der Waals surface area contributed by atoms with Gasteiger partial charge in [-0.25, -0.2) is 9.07 Å². The Kier molecular flexibility index (Phi) is 6.01. The van der Waals surface area contributed by atoms with Crippen LogP contribution in [-0.2, 0) is 13.1 Å². The molecule has 2 unspecified atom stereocenters. The van der Waals surface area contributed by atoms with Crippen molar-refractivity contribution in [1.29, 1.82) is 0 Å². The molecular weight excluding hydrogens is 399 g/mol. The molecule has 2 amide bonds. The number of alkyl halides is 1. The maximum Gasteiger partial charge on any atom is 0.273 e. The fourth-order valence-corrected chi connectivity index (χ4v) is 3.62. The third-order valence-electron chi connectivity index (χ3n) is 5.25. The van der Waals surface area contributed by atoms with E-state index in [-0.39, 0.29) is 43.1 Å². The van der Waals surface area contributed by atoms with E-state index < -0.39 is 6.17 Å². The molecule has 160 valence electrons. The zero-order chi connectivity index (χ0) is 21.8. The summed E-state index contributed by atoms with van der Waals surface area (Å²) in [7, 11) is 0. The first-order valence-corrected chi connectivity index (χ1v) is 10.1. The van der Waals surface area contributed by atoms with Crippen molar-refractivity contribution in [2.24, 2.45) is 0 Å². The molecule has 2 aromatic heterocycles. The predicted molar refractivity (Wildman–Crippen MR) is 111 cm³/mol. The Morgan fingerprint density at radius 3 is 2.74 bits per heavy atom. The second-order valence-corrected chi connectivity index (χ2v) is 7.63. The van der Waals surface area contributed by atoms with E-state index in [9.17, 15) is 14.0 Å². The van der Waals surface area contributed by atoms with Gasteiger partial charge >= 0.3 is 0 Å². The zero-order valence-corrected chi connectivity index (χ0v) is 17.1. The molecule has 1 aromatic carbocycles. The van der Waals surface area contributed by atoms with E-state index in [1.807, 2.05) is 37.3 Å². The molecule has 8 nitrogen and oxygen atoms in total. The summed E-state index contributed by atoms with van der Waals surface area (Å²) in [6, 6.07) is 12.6. The van der Waals surface area contributed by atoms with Crippen molar-refractivity contribution in [3.63, 3.8) is 0 Å². The van der Waals surface area contributed by atoms with Crippen LogP contribution >= 0.6 is 0 Å². The number of nitrogens with zero attached hydrogens (tertiary/aromatic N) is 5. The molecule has 2 atom stereocenters. The number of hydrogen-bond donors (Lipinski definition) is 1. The van der Waals surface area contributed by atoms with Crippen molar-refractivity contribution in [1.82, 2.24) is 30.2 Å². The molecular formula is C22H23FN6O2. The van der Waals surface area contributed by atoms with Gasteiger partial charge in [0.2, 0.25) is 0 Å². The van der Waals surface area contributed by atoms with Crippen molar-refractivity contribution in [3.05, 3.63) is 77.4 Å². The summed E-state index contributed by atoms with van der Waals surface area (Å²) >= 11 is 0. The molecule has 0 aliphatic carbocycles. The lowest BCUT2D eigenvalue weighted by Gasteiger charge is -2.24. The molecule has 0 spiro atoms. The number of rotatable bonds is 6. The summed E-state index contributed by atoms with van der Waals surface area (Å²) in [4.78, 5) is 30.9. The van der Waals surface area contributed by atoms with Gasteiger partial charge in [-0.2, -0.15) is 0 Å². The molecule has 0 saturated carbocycles. The standard InChI is InChI=1S/C22H23FN6O2/c1-15-7-8-17(11-24-15)22(31)29-12-18(23)9-19(29)13-28-14-20(26-27-28)21(30)25-10-16-5-3-2-4-6-16/h2-8,11,14,18-19H,9-10,12-13H2,1H3,(H,25,30). The number of likely N-dealkylation sites (tertiary alicyclic amines) is 1. The maximum atomic E-state index is 14.1. The number of carbonyl (C=O) groups is 2. The molecule has 3 aromatic rings. The van der Waals surface area contributed by atoms with Gasteiger partial charge in [-0.15, -0.1) is 5.10 Å². The Hall–Kier alpha value is -3.62. The SMILES string of the molecule is Cc1ccc(C(=O)N2CC(F)CC2Cn2cc(C(=O)NCc3ccccc3)nn2)cn1. The van der Waals surface area contributed by atoms with Crippen LogP contribution in [0.3, 0.4) is 0 Å². The lowest BCUT2D eigenvalue weighted by atomic mass is 10.2. The predicted octanol–water partition coefficient (Wildman–Crippen LogP) is 2.16. The maximum absolute atomic E-state index is 14.1. The van der Waals surface area contributed by atoms with E-state index in [1.165, 1.54) is 22.0 Å². The van der Waals surface area contributed by atoms with Crippen LogP contribution in [0.2, 0.25) is 0 Å². The molecule has 1 fully saturated rings. The third-order valence-corrected chi connectivity index (χ3v) is 5.25. The Morgan fingerprint density at radius 2 is 2.00 bits per heavy atom. The highest BCUT2D eigenvalue weighted by atomic mass is 19.1. The van der Waals surface area contributed by atoms with Crippen molar-refractivity contribution < 1.29 is 14.0 Å². The average molecular weight is 422 g/mol. The highest BCUT2D eigenvalue weighted by molar-refractivity contribution is 5.94. The van der Waals surface area contributed by atoms with Crippen LogP contribution in [0, 0.1) is 6.92 Å². The molecule has 4 rings (SSSR count). The first-order chi connectivity index (χ1) is 15.0. The normalized spacial score (nSPS) is 18.2. The van der Waals surface area contributed by atoms with Crippen LogP contribution < -0.4 is 5.32 Å². The van der Waals surface area contributed by atoms with Gasteiger partial charge in [0, 0.05) is 24.9 Å². The minimum Gasteiger partial charge on any atom is -0.347 e. The van der Waals surface area contributed by atoms with Gasteiger partial charge in [0.15, 0.2) is 5.69 Å². The lowest BCUT2D eigenvalue weighted by Crippen LogP contribution is -2.38. The fourth-order valence-electron chi connectivity index (χ4n) is 3.62. The summed E-state index contributed by atoms with van der Waals surface area (Å²) in [5.41, 5.74) is 2.37. The van der Waals surface area contributed by atoms with Gasteiger partial charge in [0.25, 0.3) is 11.8 Å². The number of aryl methyl sites for hydroxylation is 1. The number of pyridine rings is 1. The number of carbonyl (C=O) groups excluding carboxylic acids is 2. The van der Waals surface area contributed by atoms with E-state index in [1.54, 1.807) is 12.1 Å². The topological polar surface area (TPSA) is 93.0 Å². The van der Waals surface area contributed by atoms with E-state index in [0.717, 1.165) is 11.3 Å². The highest BCUT2D eigenvalue weighted by Gasteiger charge is 2.36. The second-order valence-electron chi connectivity index (χ2n) is 7.63. The quantitative estimate of drug-likeness (QED) is 0.657. The van der Waals surface area contributed by atoms with Crippen LogP contribution in [0.5, 0.6) is 0 Å². The van der Waals surface area contributed by atoms with Crippen LogP contribution in [-0.4, -0.2) is 55.5 Å². The van der Waals surface area contributed by atoms with Gasteiger partial charge in [-0.3, -0.25) is 14.6 Å². The molecule has 3 heterocycles. The lowest BCUT2D eigenvalue weighted by molar-refractivity contribution is 0.0713. The summed E-state index contributed by atoms with van der Waals surface area (Å²) in [6.45, 7) is 2.50. The van der Waals surface area contributed by atoms with Crippen LogP contribution in [0.15, 0.2) is 54.9 Å². The molecule has 1 aliphatic rings. The molecule has 0 bridgehead atoms. The van der Waals surface area contributed by atoms with Crippen molar-refractivity contribution in [3.8, 4) is 0 Å². The Bertz CT molecular complexity index is 1050. The second kappa shape index (κ2) is 9.03. The Balaban J connectivity index is 1.40. The van der Waals surface area contributed by atoms with Gasteiger partial charge in [-0.1, -0.05) is 35.5 Å². The minimum atomic E-state index is -1.11. The molecule has 1 N–H and O–H groups in total. The summed E-state index contributed by atoms with van der Waals surface area (Å²) < 4.78 is 15.6. The first kappa shape index (κ1) is 20.6. The highest BCUT2D eigenvalue weighted by Crippen LogP contribution is 2.24.